The Morgan fingerprint density at radius 2 is 2.00 bits per heavy atom. The predicted octanol–water partition coefficient (Wildman–Crippen LogP) is 2.12. The van der Waals surface area contributed by atoms with E-state index in [1.54, 1.807) is 19.3 Å². The third kappa shape index (κ3) is 4.36. The quantitative estimate of drug-likeness (QED) is 0.831. The van der Waals surface area contributed by atoms with Crippen LogP contribution in [0.3, 0.4) is 0 Å². The minimum atomic E-state index is -0.00347. The molecule has 0 radical (unpaired) electrons. The van der Waals surface area contributed by atoms with Crippen molar-refractivity contribution in [3.8, 4) is 0 Å². The molecular formula is C21H29N5O3. The Balaban J connectivity index is 1.32. The number of nitrogens with one attached hydrogen (secondary N) is 1. The molecule has 0 atom stereocenters. The molecule has 29 heavy (non-hydrogen) atoms. The van der Waals surface area contributed by atoms with Crippen LogP contribution in [-0.2, 0) is 24.2 Å². The smallest absolute Gasteiger partial charge is 0.257 e. The van der Waals surface area contributed by atoms with Crippen molar-refractivity contribution in [1.29, 1.82) is 0 Å². The number of carbonyl (C=O) groups is 2. The molecule has 0 spiro atoms. The monoisotopic (exact) mass is 399 g/mol. The van der Waals surface area contributed by atoms with Gasteiger partial charge in [-0.15, -0.1) is 10.2 Å². The number of fused-ring (bicyclic) bond motifs is 1. The summed E-state index contributed by atoms with van der Waals surface area (Å²) in [7, 11) is 0. The molecule has 2 aromatic rings. The zero-order valence-corrected chi connectivity index (χ0v) is 17.0. The van der Waals surface area contributed by atoms with Crippen LogP contribution in [0.25, 0.3) is 0 Å². The van der Waals surface area contributed by atoms with Crippen LogP contribution in [-0.4, -0.2) is 51.1 Å². The van der Waals surface area contributed by atoms with Crippen LogP contribution in [0.1, 0.15) is 59.9 Å². The van der Waals surface area contributed by atoms with Gasteiger partial charge in [-0.1, -0.05) is 19.3 Å². The Labute approximate surface area is 170 Å². The number of hydrogen-bond acceptors (Lipinski definition) is 5. The van der Waals surface area contributed by atoms with Crippen molar-refractivity contribution >= 4 is 11.8 Å². The van der Waals surface area contributed by atoms with E-state index < -0.39 is 0 Å². The minimum Gasteiger partial charge on any atom is -0.469 e. The molecule has 2 amide bonds. The maximum Gasteiger partial charge on any atom is 0.257 e. The van der Waals surface area contributed by atoms with Gasteiger partial charge >= 0.3 is 0 Å². The van der Waals surface area contributed by atoms with E-state index in [4.69, 9.17) is 4.42 Å². The van der Waals surface area contributed by atoms with Gasteiger partial charge in [-0.05, 0) is 25.8 Å². The molecule has 2 aromatic heterocycles. The predicted molar refractivity (Wildman–Crippen MR) is 106 cm³/mol. The second kappa shape index (κ2) is 8.80. The molecule has 1 aliphatic heterocycles. The van der Waals surface area contributed by atoms with Crippen LogP contribution in [0.15, 0.2) is 16.7 Å². The summed E-state index contributed by atoms with van der Waals surface area (Å²) in [6, 6.07) is 1.73. The summed E-state index contributed by atoms with van der Waals surface area (Å²) in [5, 5.41) is 11.7. The van der Waals surface area contributed by atoms with Crippen molar-refractivity contribution < 1.29 is 14.0 Å². The molecule has 0 saturated heterocycles. The Morgan fingerprint density at radius 1 is 1.17 bits per heavy atom. The van der Waals surface area contributed by atoms with Gasteiger partial charge in [0.1, 0.15) is 17.4 Å². The molecule has 0 unspecified atom stereocenters. The second-order valence-corrected chi connectivity index (χ2v) is 7.99. The summed E-state index contributed by atoms with van der Waals surface area (Å²) in [4.78, 5) is 26.9. The Bertz CT molecular complexity index is 866. The summed E-state index contributed by atoms with van der Waals surface area (Å²) in [5.41, 5.74) is 0.619. The number of nitrogens with zero attached hydrogens (tertiary/aromatic N) is 4. The molecule has 0 bridgehead atoms. The van der Waals surface area contributed by atoms with Crippen molar-refractivity contribution in [3.63, 3.8) is 0 Å². The SMILES string of the molecule is Cc1occc1C(=O)N1CCc2nnc(CCNC(=O)C3CCCCC3)n2CC1. The Hall–Kier alpha value is -2.64. The van der Waals surface area contributed by atoms with E-state index >= 15 is 0 Å². The molecule has 2 aliphatic rings. The molecule has 156 valence electrons. The molecular weight excluding hydrogens is 370 g/mol. The molecule has 1 N–H and O–H groups in total. The third-order valence-corrected chi connectivity index (χ3v) is 6.10. The summed E-state index contributed by atoms with van der Waals surface area (Å²) < 4.78 is 7.37. The lowest BCUT2D eigenvalue weighted by atomic mass is 9.89. The van der Waals surface area contributed by atoms with Gasteiger partial charge in [0, 0.05) is 44.9 Å². The second-order valence-electron chi connectivity index (χ2n) is 7.99. The number of aryl methyl sites for hydroxylation is 1. The zero-order valence-electron chi connectivity index (χ0n) is 17.0. The largest absolute Gasteiger partial charge is 0.469 e. The van der Waals surface area contributed by atoms with E-state index in [9.17, 15) is 9.59 Å². The fraction of sp³-hybridized carbons (Fsp3) is 0.619. The van der Waals surface area contributed by atoms with Gasteiger partial charge in [0.15, 0.2) is 0 Å². The van der Waals surface area contributed by atoms with Gasteiger partial charge < -0.3 is 19.2 Å². The van der Waals surface area contributed by atoms with E-state index in [0.717, 1.165) is 37.3 Å². The van der Waals surface area contributed by atoms with Crippen LogP contribution in [0.2, 0.25) is 0 Å². The molecule has 8 nitrogen and oxygen atoms in total. The molecule has 1 saturated carbocycles. The zero-order chi connectivity index (χ0) is 20.2. The van der Waals surface area contributed by atoms with E-state index in [2.05, 4.69) is 20.1 Å². The number of aromatic nitrogens is 3. The maximum absolute atomic E-state index is 12.8. The van der Waals surface area contributed by atoms with Gasteiger partial charge in [0.05, 0.1) is 11.8 Å². The lowest BCUT2D eigenvalue weighted by Crippen LogP contribution is -2.34. The van der Waals surface area contributed by atoms with E-state index in [1.165, 1.54) is 6.42 Å². The number of amides is 2. The molecule has 1 fully saturated rings. The molecule has 0 aromatic carbocycles. The summed E-state index contributed by atoms with van der Waals surface area (Å²) in [6.07, 6.45) is 8.44. The lowest BCUT2D eigenvalue weighted by Gasteiger charge is -2.20. The van der Waals surface area contributed by atoms with Gasteiger partial charge in [0.2, 0.25) is 5.91 Å². The lowest BCUT2D eigenvalue weighted by molar-refractivity contribution is -0.125. The fourth-order valence-corrected chi connectivity index (χ4v) is 4.35. The van der Waals surface area contributed by atoms with Crippen LogP contribution >= 0.6 is 0 Å². The van der Waals surface area contributed by atoms with Gasteiger partial charge in [0.25, 0.3) is 5.91 Å². The first-order valence-corrected chi connectivity index (χ1v) is 10.7. The average molecular weight is 399 g/mol. The molecule has 4 rings (SSSR count). The maximum atomic E-state index is 12.8. The van der Waals surface area contributed by atoms with Gasteiger partial charge in [-0.3, -0.25) is 9.59 Å². The normalized spacial score (nSPS) is 17.6. The molecule has 3 heterocycles. The summed E-state index contributed by atoms with van der Waals surface area (Å²) in [5.74, 6) is 2.76. The highest BCUT2D eigenvalue weighted by molar-refractivity contribution is 5.95. The number of hydrogen-bond donors (Lipinski definition) is 1. The number of furan rings is 1. The van der Waals surface area contributed by atoms with E-state index in [1.807, 2.05) is 4.90 Å². The van der Waals surface area contributed by atoms with Crippen LogP contribution in [0.4, 0.5) is 0 Å². The fourth-order valence-electron chi connectivity index (χ4n) is 4.35. The third-order valence-electron chi connectivity index (χ3n) is 6.10. The highest BCUT2D eigenvalue weighted by atomic mass is 16.3. The molecule has 1 aliphatic carbocycles. The van der Waals surface area contributed by atoms with Crippen LogP contribution in [0, 0.1) is 12.8 Å². The molecule has 8 heteroatoms. The highest BCUT2D eigenvalue weighted by Crippen LogP contribution is 2.23. The first-order chi connectivity index (χ1) is 14.1. The number of carbonyl (C=O) groups excluding carboxylic acids is 2. The van der Waals surface area contributed by atoms with Gasteiger partial charge in [-0.25, -0.2) is 0 Å². The Morgan fingerprint density at radius 3 is 2.76 bits per heavy atom. The van der Waals surface area contributed by atoms with Crippen molar-refractivity contribution in [1.82, 2.24) is 25.0 Å². The average Bonchev–Trinajstić information content (AvgIpc) is 3.27. The van der Waals surface area contributed by atoms with E-state index in [0.29, 0.717) is 50.3 Å². The van der Waals surface area contributed by atoms with Crippen molar-refractivity contribution in [2.75, 3.05) is 19.6 Å². The van der Waals surface area contributed by atoms with Crippen molar-refractivity contribution in [3.05, 3.63) is 35.3 Å². The summed E-state index contributed by atoms with van der Waals surface area (Å²) >= 11 is 0. The summed E-state index contributed by atoms with van der Waals surface area (Å²) in [6.45, 7) is 4.26. The highest BCUT2D eigenvalue weighted by Gasteiger charge is 2.25. The first-order valence-electron chi connectivity index (χ1n) is 10.7. The van der Waals surface area contributed by atoms with E-state index in [-0.39, 0.29) is 17.7 Å². The van der Waals surface area contributed by atoms with Crippen LogP contribution in [0.5, 0.6) is 0 Å². The number of rotatable bonds is 5. The topological polar surface area (TPSA) is 93.3 Å². The van der Waals surface area contributed by atoms with Crippen LogP contribution < -0.4 is 5.32 Å². The Kier molecular flexibility index (Phi) is 5.97. The van der Waals surface area contributed by atoms with Crippen molar-refractivity contribution in [2.45, 2.75) is 58.4 Å². The minimum absolute atomic E-state index is 0.00347. The van der Waals surface area contributed by atoms with Crippen molar-refractivity contribution in [2.24, 2.45) is 5.92 Å². The van der Waals surface area contributed by atoms with Gasteiger partial charge in [-0.2, -0.15) is 0 Å². The standard InChI is InChI=1S/C21H29N5O3/c1-15-17(9-14-29-15)21(28)25-11-8-19-24-23-18(26(19)13-12-25)7-10-22-20(27)16-5-3-2-4-6-16/h9,14,16H,2-8,10-13H2,1H3,(H,22,27). The first kappa shape index (κ1) is 19.7.